The number of amides is 4. The van der Waals surface area contributed by atoms with Gasteiger partial charge in [0.1, 0.15) is 6.04 Å². The molecule has 0 saturated carbocycles. The second kappa shape index (κ2) is 8.46. The van der Waals surface area contributed by atoms with Crippen LogP contribution in [-0.4, -0.2) is 70.5 Å². The predicted octanol–water partition coefficient (Wildman–Crippen LogP) is 2.95. The normalized spacial score (nSPS) is 17.3. The molecule has 172 valence electrons. The molecule has 1 fully saturated rings. The average Bonchev–Trinajstić information content (AvgIpc) is 3.07. The molecule has 1 unspecified atom stereocenters. The van der Waals surface area contributed by atoms with Crippen molar-refractivity contribution in [2.75, 3.05) is 26.2 Å². The van der Waals surface area contributed by atoms with Crippen molar-refractivity contribution < 1.29 is 19.2 Å². The first-order valence-corrected chi connectivity index (χ1v) is 11.2. The van der Waals surface area contributed by atoms with E-state index in [2.05, 4.69) is 20.8 Å². The van der Waals surface area contributed by atoms with E-state index in [1.165, 1.54) is 0 Å². The number of carbonyl (C=O) groups excluding carboxylic acids is 4. The fraction of sp³-hybridized carbons (Fsp3) is 0.385. The lowest BCUT2D eigenvalue weighted by Crippen LogP contribution is -2.56. The zero-order chi connectivity index (χ0) is 23.9. The van der Waals surface area contributed by atoms with Gasteiger partial charge in [0, 0.05) is 31.7 Å². The van der Waals surface area contributed by atoms with Crippen molar-refractivity contribution in [3.8, 4) is 0 Å². The van der Waals surface area contributed by atoms with Crippen LogP contribution in [0.4, 0.5) is 0 Å². The van der Waals surface area contributed by atoms with Gasteiger partial charge in [-0.15, -0.1) is 0 Å². The summed E-state index contributed by atoms with van der Waals surface area (Å²) in [6, 6.07) is 13.4. The Kier molecular flexibility index (Phi) is 5.82. The number of piperazine rings is 1. The molecule has 33 heavy (non-hydrogen) atoms. The van der Waals surface area contributed by atoms with Gasteiger partial charge in [0.15, 0.2) is 0 Å². The smallest absolute Gasteiger partial charge is 0.262 e. The van der Waals surface area contributed by atoms with Gasteiger partial charge < -0.3 is 9.80 Å². The largest absolute Gasteiger partial charge is 0.337 e. The first-order chi connectivity index (χ1) is 15.6. The molecule has 0 bridgehead atoms. The lowest BCUT2D eigenvalue weighted by atomic mass is 9.86. The van der Waals surface area contributed by atoms with E-state index in [0.717, 1.165) is 10.5 Å². The Morgan fingerprint density at radius 3 is 1.76 bits per heavy atom. The van der Waals surface area contributed by atoms with Crippen LogP contribution >= 0.6 is 0 Å². The minimum Gasteiger partial charge on any atom is -0.337 e. The molecule has 4 rings (SSSR count). The third-order valence-electron chi connectivity index (χ3n) is 6.45. The molecular weight excluding hydrogens is 418 g/mol. The van der Waals surface area contributed by atoms with E-state index >= 15 is 0 Å². The molecule has 1 saturated heterocycles. The summed E-state index contributed by atoms with van der Waals surface area (Å²) >= 11 is 0. The van der Waals surface area contributed by atoms with Crippen molar-refractivity contribution in [2.24, 2.45) is 0 Å². The first-order valence-electron chi connectivity index (χ1n) is 11.2. The van der Waals surface area contributed by atoms with Crippen molar-refractivity contribution in [1.29, 1.82) is 0 Å². The molecule has 0 N–H and O–H groups in total. The van der Waals surface area contributed by atoms with Crippen LogP contribution in [0.25, 0.3) is 0 Å². The van der Waals surface area contributed by atoms with E-state index in [1.54, 1.807) is 41.0 Å². The maximum Gasteiger partial charge on any atom is 0.262 e. The SMILES string of the molecule is CC(C(=O)N1CCN(C(=O)c2ccc(C(C)(C)C)cc2)CC1)N1C(=O)c2ccccc2C1=O. The Morgan fingerprint density at radius 1 is 0.788 bits per heavy atom. The minimum atomic E-state index is -0.899. The van der Waals surface area contributed by atoms with E-state index in [-0.39, 0.29) is 17.2 Å². The first kappa shape index (κ1) is 22.7. The maximum absolute atomic E-state index is 13.1. The Hall–Kier alpha value is -3.48. The van der Waals surface area contributed by atoms with Crippen molar-refractivity contribution in [3.63, 3.8) is 0 Å². The summed E-state index contributed by atoms with van der Waals surface area (Å²) in [6.45, 7) is 9.49. The maximum atomic E-state index is 13.1. The van der Waals surface area contributed by atoms with Gasteiger partial charge in [-0.1, -0.05) is 45.0 Å². The molecule has 4 amide bonds. The summed E-state index contributed by atoms with van der Waals surface area (Å²) in [6.07, 6.45) is 0. The lowest BCUT2D eigenvalue weighted by molar-refractivity contribution is -0.136. The van der Waals surface area contributed by atoms with Gasteiger partial charge in [-0.05, 0) is 42.2 Å². The molecule has 0 aliphatic carbocycles. The van der Waals surface area contributed by atoms with Gasteiger partial charge in [0.25, 0.3) is 17.7 Å². The van der Waals surface area contributed by atoms with Crippen molar-refractivity contribution in [2.45, 2.75) is 39.2 Å². The lowest BCUT2D eigenvalue weighted by Gasteiger charge is -2.37. The number of rotatable bonds is 3. The minimum absolute atomic E-state index is 0.0176. The average molecular weight is 448 g/mol. The fourth-order valence-corrected chi connectivity index (χ4v) is 4.36. The molecule has 2 aromatic rings. The molecule has 2 heterocycles. The van der Waals surface area contributed by atoms with Crippen LogP contribution in [0.3, 0.4) is 0 Å². The van der Waals surface area contributed by atoms with Crippen molar-refractivity contribution in [3.05, 3.63) is 70.8 Å². The second-order valence-electron chi connectivity index (χ2n) is 9.65. The standard InChI is InChI=1S/C26H29N3O4/c1-17(29-24(32)20-7-5-6-8-21(20)25(29)33)22(30)27-13-15-28(16-14-27)23(31)18-9-11-19(12-10-18)26(2,3)4/h5-12,17H,13-16H2,1-4H3. The summed E-state index contributed by atoms with van der Waals surface area (Å²) in [4.78, 5) is 55.8. The quantitative estimate of drug-likeness (QED) is 0.678. The van der Waals surface area contributed by atoms with Crippen LogP contribution in [0, 0.1) is 0 Å². The third-order valence-corrected chi connectivity index (χ3v) is 6.45. The third kappa shape index (κ3) is 4.15. The number of carbonyl (C=O) groups is 4. The van der Waals surface area contributed by atoms with Gasteiger partial charge in [0.2, 0.25) is 5.91 Å². The van der Waals surface area contributed by atoms with Crippen molar-refractivity contribution >= 4 is 23.6 Å². The topological polar surface area (TPSA) is 78.0 Å². The number of benzene rings is 2. The molecule has 1 atom stereocenters. The molecule has 2 aliphatic heterocycles. The molecule has 7 heteroatoms. The van der Waals surface area contributed by atoms with Gasteiger partial charge >= 0.3 is 0 Å². The van der Waals surface area contributed by atoms with Crippen LogP contribution in [-0.2, 0) is 10.2 Å². The van der Waals surface area contributed by atoms with Gasteiger partial charge in [-0.25, -0.2) is 0 Å². The molecule has 2 aliphatic rings. The molecule has 0 aromatic heterocycles. The van der Waals surface area contributed by atoms with Crippen LogP contribution in [0.1, 0.15) is 64.3 Å². The summed E-state index contributed by atoms with van der Waals surface area (Å²) in [5, 5.41) is 0. The Balaban J connectivity index is 1.38. The highest BCUT2D eigenvalue weighted by atomic mass is 16.2. The number of imide groups is 1. The monoisotopic (exact) mass is 447 g/mol. The summed E-state index contributed by atoms with van der Waals surface area (Å²) in [5.41, 5.74) is 2.47. The molecule has 0 radical (unpaired) electrons. The van der Waals surface area contributed by atoms with Crippen LogP contribution in [0.15, 0.2) is 48.5 Å². The van der Waals surface area contributed by atoms with E-state index in [1.807, 2.05) is 24.3 Å². The summed E-state index contributed by atoms with van der Waals surface area (Å²) < 4.78 is 0. The highest BCUT2D eigenvalue weighted by Gasteiger charge is 2.42. The van der Waals surface area contributed by atoms with Crippen LogP contribution < -0.4 is 0 Å². The van der Waals surface area contributed by atoms with Crippen molar-refractivity contribution in [1.82, 2.24) is 14.7 Å². The predicted molar refractivity (Wildman–Crippen MR) is 124 cm³/mol. The second-order valence-corrected chi connectivity index (χ2v) is 9.65. The number of hydrogen-bond acceptors (Lipinski definition) is 4. The summed E-state index contributed by atoms with van der Waals surface area (Å²) in [7, 11) is 0. The van der Waals surface area contributed by atoms with Gasteiger partial charge in [-0.2, -0.15) is 0 Å². The molecular formula is C26H29N3O4. The molecule has 7 nitrogen and oxygen atoms in total. The van der Waals surface area contributed by atoms with E-state index in [0.29, 0.717) is 42.9 Å². The van der Waals surface area contributed by atoms with Gasteiger partial charge in [-0.3, -0.25) is 24.1 Å². The zero-order valence-electron chi connectivity index (χ0n) is 19.5. The molecule has 0 spiro atoms. The molecule has 2 aromatic carbocycles. The Bertz CT molecular complexity index is 1070. The number of nitrogens with zero attached hydrogens (tertiary/aromatic N) is 3. The van der Waals surface area contributed by atoms with Gasteiger partial charge in [0.05, 0.1) is 11.1 Å². The number of hydrogen-bond donors (Lipinski definition) is 0. The fourth-order valence-electron chi connectivity index (χ4n) is 4.36. The summed E-state index contributed by atoms with van der Waals surface area (Å²) in [5.74, 6) is -1.23. The highest BCUT2D eigenvalue weighted by Crippen LogP contribution is 2.26. The Labute approximate surface area is 194 Å². The highest BCUT2D eigenvalue weighted by molar-refractivity contribution is 6.22. The van der Waals surface area contributed by atoms with Crippen LogP contribution in [0.2, 0.25) is 0 Å². The zero-order valence-corrected chi connectivity index (χ0v) is 19.5. The van der Waals surface area contributed by atoms with E-state index in [9.17, 15) is 19.2 Å². The van der Waals surface area contributed by atoms with E-state index in [4.69, 9.17) is 0 Å². The number of fused-ring (bicyclic) bond motifs is 1. The van der Waals surface area contributed by atoms with Crippen LogP contribution in [0.5, 0.6) is 0 Å². The Morgan fingerprint density at radius 2 is 1.27 bits per heavy atom. The van der Waals surface area contributed by atoms with E-state index < -0.39 is 17.9 Å².